The first-order chi connectivity index (χ1) is 9.72. The molecule has 1 heterocycles. The van der Waals surface area contributed by atoms with E-state index in [1.54, 1.807) is 12.4 Å². The molecule has 0 bridgehead atoms. The van der Waals surface area contributed by atoms with Crippen LogP contribution in [-0.4, -0.2) is 17.1 Å². The molecule has 0 saturated carbocycles. The molecule has 0 spiro atoms. The molecule has 0 saturated heterocycles. The summed E-state index contributed by atoms with van der Waals surface area (Å²) in [6, 6.07) is 3.73. The Morgan fingerprint density at radius 2 is 2.35 bits per heavy atom. The standard InChI is InChI=1S/C17H19NO2/c1-3-4-5-6-12-17(19)20-15(2)9-7-10-16-11-8-13-18-14-16/h1,8,11,13-15H,4-6,9,12H2,2H3. The van der Waals surface area contributed by atoms with Crippen molar-refractivity contribution >= 4 is 5.97 Å². The van der Waals surface area contributed by atoms with Gasteiger partial charge in [0.25, 0.3) is 0 Å². The summed E-state index contributed by atoms with van der Waals surface area (Å²) in [5.74, 6) is 8.34. The van der Waals surface area contributed by atoms with Crippen LogP contribution in [0.2, 0.25) is 0 Å². The lowest BCUT2D eigenvalue weighted by Gasteiger charge is -2.09. The number of rotatable bonds is 6. The van der Waals surface area contributed by atoms with Gasteiger partial charge in [0, 0.05) is 37.2 Å². The lowest BCUT2D eigenvalue weighted by Crippen LogP contribution is -2.14. The molecule has 0 amide bonds. The Labute approximate surface area is 120 Å². The number of hydrogen-bond acceptors (Lipinski definition) is 3. The number of esters is 1. The van der Waals surface area contributed by atoms with Crippen LogP contribution in [0.15, 0.2) is 24.5 Å². The van der Waals surface area contributed by atoms with E-state index in [9.17, 15) is 4.79 Å². The average molecular weight is 269 g/mol. The Morgan fingerprint density at radius 1 is 1.50 bits per heavy atom. The lowest BCUT2D eigenvalue weighted by molar-refractivity contribution is -0.148. The molecule has 0 aliphatic carbocycles. The molecule has 20 heavy (non-hydrogen) atoms. The van der Waals surface area contributed by atoms with Gasteiger partial charge in [0.15, 0.2) is 0 Å². The van der Waals surface area contributed by atoms with Gasteiger partial charge >= 0.3 is 5.97 Å². The normalized spacial score (nSPS) is 10.8. The van der Waals surface area contributed by atoms with Gasteiger partial charge in [-0.3, -0.25) is 9.78 Å². The minimum Gasteiger partial charge on any atom is -0.462 e. The second kappa shape index (κ2) is 9.64. The largest absolute Gasteiger partial charge is 0.462 e. The van der Waals surface area contributed by atoms with Crippen LogP contribution < -0.4 is 0 Å². The number of carbonyl (C=O) groups excluding carboxylic acids is 1. The van der Waals surface area contributed by atoms with E-state index in [0.717, 1.165) is 18.4 Å². The zero-order valence-electron chi connectivity index (χ0n) is 11.8. The van der Waals surface area contributed by atoms with E-state index in [1.165, 1.54) is 0 Å². The van der Waals surface area contributed by atoms with Gasteiger partial charge in [0.2, 0.25) is 0 Å². The summed E-state index contributed by atoms with van der Waals surface area (Å²) >= 11 is 0. The number of ether oxygens (including phenoxy) is 1. The van der Waals surface area contributed by atoms with Crippen molar-refractivity contribution in [3.63, 3.8) is 0 Å². The van der Waals surface area contributed by atoms with Crippen LogP contribution in [0.1, 0.15) is 44.6 Å². The summed E-state index contributed by atoms with van der Waals surface area (Å²) < 4.78 is 5.26. The molecule has 1 aromatic rings. The molecule has 104 valence electrons. The summed E-state index contributed by atoms with van der Waals surface area (Å²) in [6.07, 6.45) is 11.6. The molecule has 1 unspecified atom stereocenters. The topological polar surface area (TPSA) is 39.2 Å². The number of terminal acetylenes is 1. The number of aromatic nitrogens is 1. The molecule has 0 aliphatic rings. The first-order valence-electron chi connectivity index (χ1n) is 6.74. The van der Waals surface area contributed by atoms with Crippen LogP contribution >= 0.6 is 0 Å². The maximum atomic E-state index is 11.5. The van der Waals surface area contributed by atoms with Crippen molar-refractivity contribution in [1.29, 1.82) is 0 Å². The molecule has 1 atom stereocenters. The molecule has 0 radical (unpaired) electrons. The summed E-state index contributed by atoms with van der Waals surface area (Å²) in [6.45, 7) is 1.84. The van der Waals surface area contributed by atoms with Crippen molar-refractivity contribution in [3.05, 3.63) is 30.1 Å². The van der Waals surface area contributed by atoms with Crippen LogP contribution in [0.3, 0.4) is 0 Å². The average Bonchev–Trinajstić information content (AvgIpc) is 2.45. The van der Waals surface area contributed by atoms with Crippen molar-refractivity contribution in [3.8, 4) is 24.2 Å². The maximum absolute atomic E-state index is 11.5. The van der Waals surface area contributed by atoms with Gasteiger partial charge < -0.3 is 4.74 Å². The van der Waals surface area contributed by atoms with E-state index in [1.807, 2.05) is 19.1 Å². The highest BCUT2D eigenvalue weighted by molar-refractivity contribution is 5.69. The number of pyridine rings is 1. The van der Waals surface area contributed by atoms with Crippen LogP contribution in [0.25, 0.3) is 0 Å². The van der Waals surface area contributed by atoms with E-state index in [-0.39, 0.29) is 12.1 Å². The zero-order valence-corrected chi connectivity index (χ0v) is 11.8. The minimum atomic E-state index is -0.195. The van der Waals surface area contributed by atoms with Crippen molar-refractivity contribution in [2.24, 2.45) is 0 Å². The molecular formula is C17H19NO2. The zero-order chi connectivity index (χ0) is 14.6. The summed E-state index contributed by atoms with van der Waals surface area (Å²) in [4.78, 5) is 15.5. The number of carbonyl (C=O) groups is 1. The van der Waals surface area contributed by atoms with Gasteiger partial charge in [0.05, 0.1) is 0 Å². The summed E-state index contributed by atoms with van der Waals surface area (Å²) in [5.41, 5.74) is 0.861. The quantitative estimate of drug-likeness (QED) is 0.453. The predicted molar refractivity (Wildman–Crippen MR) is 78.6 cm³/mol. The first-order valence-corrected chi connectivity index (χ1v) is 6.74. The minimum absolute atomic E-state index is 0.183. The molecular weight excluding hydrogens is 250 g/mol. The summed E-state index contributed by atoms with van der Waals surface area (Å²) in [5, 5.41) is 0. The maximum Gasteiger partial charge on any atom is 0.306 e. The number of hydrogen-bond donors (Lipinski definition) is 0. The van der Waals surface area contributed by atoms with E-state index >= 15 is 0 Å². The molecule has 0 fully saturated rings. The van der Waals surface area contributed by atoms with Crippen molar-refractivity contribution in [1.82, 2.24) is 4.98 Å². The van der Waals surface area contributed by atoms with Gasteiger partial charge in [0.1, 0.15) is 6.10 Å². The third-order valence-electron chi connectivity index (χ3n) is 2.57. The van der Waals surface area contributed by atoms with Crippen molar-refractivity contribution in [2.75, 3.05) is 0 Å². The SMILES string of the molecule is C#CCCCCC(=O)OC(C)CC#Cc1cccnc1. The molecule has 1 aromatic heterocycles. The van der Waals surface area contributed by atoms with Crippen LogP contribution in [0.4, 0.5) is 0 Å². The van der Waals surface area contributed by atoms with Gasteiger partial charge in [-0.1, -0.05) is 11.8 Å². The molecule has 0 N–H and O–H groups in total. The summed E-state index contributed by atoms with van der Waals surface area (Å²) in [7, 11) is 0. The molecule has 3 nitrogen and oxygen atoms in total. The highest BCUT2D eigenvalue weighted by Gasteiger charge is 2.07. The van der Waals surface area contributed by atoms with Gasteiger partial charge in [-0.25, -0.2) is 0 Å². The Morgan fingerprint density at radius 3 is 3.05 bits per heavy atom. The second-order valence-corrected chi connectivity index (χ2v) is 4.46. The molecule has 3 heteroatoms. The van der Waals surface area contributed by atoms with E-state index < -0.39 is 0 Å². The molecule has 0 aromatic carbocycles. The lowest BCUT2D eigenvalue weighted by atomic mass is 10.2. The highest BCUT2D eigenvalue weighted by Crippen LogP contribution is 2.04. The van der Waals surface area contributed by atoms with E-state index in [4.69, 9.17) is 11.2 Å². The highest BCUT2D eigenvalue weighted by atomic mass is 16.5. The molecule has 0 aliphatic heterocycles. The number of nitrogens with zero attached hydrogens (tertiary/aromatic N) is 1. The van der Waals surface area contributed by atoms with Crippen LogP contribution in [-0.2, 0) is 9.53 Å². The van der Waals surface area contributed by atoms with Gasteiger partial charge in [-0.05, 0) is 31.9 Å². The first kappa shape index (κ1) is 15.8. The van der Waals surface area contributed by atoms with E-state index in [2.05, 4.69) is 22.7 Å². The monoisotopic (exact) mass is 269 g/mol. The third-order valence-corrected chi connectivity index (χ3v) is 2.57. The Kier molecular flexibility index (Phi) is 7.62. The van der Waals surface area contributed by atoms with Crippen molar-refractivity contribution in [2.45, 2.75) is 45.1 Å². The smallest absolute Gasteiger partial charge is 0.306 e. The predicted octanol–water partition coefficient (Wildman–Crippen LogP) is 2.95. The third kappa shape index (κ3) is 7.24. The number of unbranched alkanes of at least 4 members (excludes halogenated alkanes) is 2. The van der Waals surface area contributed by atoms with Crippen molar-refractivity contribution < 1.29 is 9.53 Å². The fourth-order valence-electron chi connectivity index (χ4n) is 1.55. The van der Waals surface area contributed by atoms with Gasteiger partial charge in [-0.15, -0.1) is 12.3 Å². The van der Waals surface area contributed by atoms with E-state index in [0.29, 0.717) is 19.3 Å². The fraction of sp³-hybridized carbons (Fsp3) is 0.412. The molecule has 1 rings (SSSR count). The van der Waals surface area contributed by atoms with Crippen LogP contribution in [0, 0.1) is 24.2 Å². The Balaban J connectivity index is 2.23. The Hall–Kier alpha value is -2.26. The Bertz CT molecular complexity index is 505. The fourth-order valence-corrected chi connectivity index (χ4v) is 1.55. The second-order valence-electron chi connectivity index (χ2n) is 4.46. The van der Waals surface area contributed by atoms with Gasteiger partial charge in [-0.2, -0.15) is 0 Å². The van der Waals surface area contributed by atoms with Crippen LogP contribution in [0.5, 0.6) is 0 Å².